The SMILES string of the molecule is CS(=O)(=O)C(N)c1cc(F)cc(-c2ccnc3[nH]c(-c4n[nH]c5ccc(-c6cncc(NC(=O)C7CCCC7)c6)cc45)nc23)c1. The molecule has 6 aromatic rings. The Labute approximate surface area is 257 Å². The van der Waals surface area contributed by atoms with Crippen LogP contribution in [0, 0.1) is 11.7 Å². The number of anilines is 1. The third kappa shape index (κ3) is 5.56. The molecule has 2 aromatic carbocycles. The highest BCUT2D eigenvalue weighted by atomic mass is 32.2. The number of hydrogen-bond acceptors (Lipinski definition) is 8. The van der Waals surface area contributed by atoms with Crippen LogP contribution >= 0.6 is 0 Å². The first kappa shape index (κ1) is 28.7. The quantitative estimate of drug-likeness (QED) is 0.180. The normalized spacial score (nSPS) is 14.7. The number of aromatic nitrogens is 6. The van der Waals surface area contributed by atoms with Crippen molar-refractivity contribution in [3.05, 3.63) is 78.5 Å². The van der Waals surface area contributed by atoms with Crippen molar-refractivity contribution in [3.63, 3.8) is 0 Å². The maximum absolute atomic E-state index is 14.7. The molecular weight excluding hydrogens is 595 g/mol. The van der Waals surface area contributed by atoms with Gasteiger partial charge in [-0.2, -0.15) is 5.10 Å². The van der Waals surface area contributed by atoms with Crippen molar-refractivity contribution in [2.24, 2.45) is 11.7 Å². The highest BCUT2D eigenvalue weighted by Crippen LogP contribution is 2.34. The Kier molecular flexibility index (Phi) is 7.13. The van der Waals surface area contributed by atoms with E-state index in [0.29, 0.717) is 39.5 Å². The van der Waals surface area contributed by atoms with Crippen molar-refractivity contribution in [3.8, 4) is 33.8 Å². The molecule has 228 valence electrons. The van der Waals surface area contributed by atoms with Gasteiger partial charge < -0.3 is 16.0 Å². The van der Waals surface area contributed by atoms with Gasteiger partial charge in [0.1, 0.15) is 22.4 Å². The van der Waals surface area contributed by atoms with E-state index >= 15 is 0 Å². The van der Waals surface area contributed by atoms with E-state index in [0.717, 1.165) is 60.0 Å². The molecule has 0 radical (unpaired) electrons. The molecule has 1 unspecified atom stereocenters. The second-order valence-electron chi connectivity index (χ2n) is 11.4. The lowest BCUT2D eigenvalue weighted by Crippen LogP contribution is -2.20. The molecule has 0 saturated heterocycles. The molecule has 4 aromatic heterocycles. The van der Waals surface area contributed by atoms with Gasteiger partial charge in [0.15, 0.2) is 21.3 Å². The number of amides is 1. The standard InChI is InChI=1S/C32H29FN8O3S/c1-45(43,44)29(34)20-10-19(11-22(33)12-20)24-8-9-36-30-27(24)38-31(39-30)28-25-14-18(6-7-26(25)40-41-28)21-13-23(16-35-15-21)37-32(42)17-4-2-3-5-17/h6-17,29H,2-5,34H2,1H3,(H,37,42)(H,40,41)(H,36,38,39). The Morgan fingerprint density at radius 3 is 2.67 bits per heavy atom. The number of pyridine rings is 2. The summed E-state index contributed by atoms with van der Waals surface area (Å²) in [7, 11) is -3.65. The number of hydrogen-bond donors (Lipinski definition) is 4. The largest absolute Gasteiger partial charge is 0.324 e. The Hall–Kier alpha value is -5.01. The predicted molar refractivity (Wildman–Crippen MR) is 170 cm³/mol. The first-order valence-electron chi connectivity index (χ1n) is 14.5. The molecule has 1 aliphatic carbocycles. The van der Waals surface area contributed by atoms with Crippen LogP contribution in [0.4, 0.5) is 10.1 Å². The second kappa shape index (κ2) is 11.2. The van der Waals surface area contributed by atoms with Crippen molar-refractivity contribution < 1.29 is 17.6 Å². The Bertz CT molecular complexity index is 2210. The number of aromatic amines is 2. The number of carbonyl (C=O) groups excluding carboxylic acids is 1. The van der Waals surface area contributed by atoms with Crippen molar-refractivity contribution in [1.82, 2.24) is 30.1 Å². The van der Waals surface area contributed by atoms with Gasteiger partial charge in [-0.25, -0.2) is 22.8 Å². The van der Waals surface area contributed by atoms with Crippen molar-refractivity contribution in [2.75, 3.05) is 11.6 Å². The topological polar surface area (TPSA) is 172 Å². The number of nitrogens with zero attached hydrogens (tertiary/aromatic N) is 4. The number of carbonyl (C=O) groups is 1. The number of benzene rings is 2. The number of nitrogens with one attached hydrogen (secondary N) is 3. The minimum Gasteiger partial charge on any atom is -0.324 e. The van der Waals surface area contributed by atoms with Gasteiger partial charge in [0.2, 0.25) is 5.91 Å². The summed E-state index contributed by atoms with van der Waals surface area (Å²) in [6, 6.07) is 13.4. The fraction of sp³-hybridized carbons (Fsp3) is 0.219. The van der Waals surface area contributed by atoms with Gasteiger partial charge in [-0.1, -0.05) is 18.9 Å². The molecule has 1 saturated carbocycles. The number of sulfone groups is 1. The van der Waals surface area contributed by atoms with Gasteiger partial charge in [0.25, 0.3) is 0 Å². The van der Waals surface area contributed by atoms with E-state index in [4.69, 9.17) is 10.7 Å². The average Bonchev–Trinajstić information content (AvgIpc) is 3.79. The van der Waals surface area contributed by atoms with Crippen LogP contribution in [0.5, 0.6) is 0 Å². The molecule has 5 N–H and O–H groups in total. The van der Waals surface area contributed by atoms with Crippen LogP contribution in [0.3, 0.4) is 0 Å². The van der Waals surface area contributed by atoms with Gasteiger partial charge >= 0.3 is 0 Å². The number of halogens is 1. The summed E-state index contributed by atoms with van der Waals surface area (Å²) in [4.78, 5) is 29.5. The number of rotatable bonds is 7. The van der Waals surface area contributed by atoms with Crippen LogP contribution in [0.15, 0.2) is 67.1 Å². The lowest BCUT2D eigenvalue weighted by Gasteiger charge is -2.12. The highest BCUT2D eigenvalue weighted by Gasteiger charge is 2.23. The predicted octanol–water partition coefficient (Wildman–Crippen LogP) is 5.50. The summed E-state index contributed by atoms with van der Waals surface area (Å²) in [5, 5.41) is 9.99. The Balaban J connectivity index is 1.25. The van der Waals surface area contributed by atoms with Gasteiger partial charge in [-0.05, 0) is 72.0 Å². The molecule has 45 heavy (non-hydrogen) atoms. The first-order chi connectivity index (χ1) is 21.6. The summed E-state index contributed by atoms with van der Waals surface area (Å²) >= 11 is 0. The molecule has 0 aliphatic heterocycles. The molecule has 0 bridgehead atoms. The van der Waals surface area contributed by atoms with Crippen LogP contribution in [-0.2, 0) is 14.6 Å². The summed E-state index contributed by atoms with van der Waals surface area (Å²) in [5.74, 6) is -0.103. The van der Waals surface area contributed by atoms with Crippen LogP contribution < -0.4 is 11.1 Å². The van der Waals surface area contributed by atoms with Gasteiger partial charge in [0, 0.05) is 41.1 Å². The summed E-state index contributed by atoms with van der Waals surface area (Å²) in [6.45, 7) is 0. The van der Waals surface area contributed by atoms with E-state index in [9.17, 15) is 17.6 Å². The van der Waals surface area contributed by atoms with E-state index in [1.54, 1.807) is 30.7 Å². The molecule has 1 aliphatic rings. The average molecular weight is 625 g/mol. The lowest BCUT2D eigenvalue weighted by molar-refractivity contribution is -0.119. The third-order valence-electron chi connectivity index (χ3n) is 8.26. The van der Waals surface area contributed by atoms with Crippen LogP contribution in [0.2, 0.25) is 0 Å². The summed E-state index contributed by atoms with van der Waals surface area (Å²) in [6.07, 6.45) is 9.95. The molecule has 0 spiro atoms. The molecular formula is C32H29FN8O3S. The molecule has 1 fully saturated rings. The maximum atomic E-state index is 14.7. The smallest absolute Gasteiger partial charge is 0.227 e. The number of imidazole rings is 1. The highest BCUT2D eigenvalue weighted by molar-refractivity contribution is 7.90. The molecule has 11 nitrogen and oxygen atoms in total. The van der Waals surface area contributed by atoms with Gasteiger partial charge in [-0.15, -0.1) is 0 Å². The number of fused-ring (bicyclic) bond motifs is 2. The van der Waals surface area contributed by atoms with E-state index in [1.165, 1.54) is 6.07 Å². The second-order valence-corrected chi connectivity index (χ2v) is 13.6. The van der Waals surface area contributed by atoms with Crippen LogP contribution in [0.1, 0.15) is 36.6 Å². The minimum atomic E-state index is -3.65. The summed E-state index contributed by atoms with van der Waals surface area (Å²) in [5.41, 5.74) is 11.6. The minimum absolute atomic E-state index is 0.0320. The van der Waals surface area contributed by atoms with Crippen LogP contribution in [-0.4, -0.2) is 50.7 Å². The molecule has 1 atom stereocenters. The molecule has 4 heterocycles. The zero-order valence-electron chi connectivity index (χ0n) is 24.2. The van der Waals surface area contributed by atoms with E-state index in [-0.39, 0.29) is 17.4 Å². The summed E-state index contributed by atoms with van der Waals surface area (Å²) < 4.78 is 38.8. The lowest BCUT2D eigenvalue weighted by atomic mass is 10.0. The molecule has 1 amide bonds. The van der Waals surface area contributed by atoms with Gasteiger partial charge in [0.05, 0.1) is 17.4 Å². The van der Waals surface area contributed by atoms with E-state index in [1.807, 2.05) is 24.3 Å². The molecule has 7 rings (SSSR count). The molecule has 13 heteroatoms. The fourth-order valence-electron chi connectivity index (χ4n) is 5.91. The van der Waals surface area contributed by atoms with Crippen molar-refractivity contribution >= 4 is 43.5 Å². The van der Waals surface area contributed by atoms with Crippen LogP contribution in [0.25, 0.3) is 55.8 Å². The number of H-pyrrole nitrogens is 2. The van der Waals surface area contributed by atoms with E-state index in [2.05, 4.69) is 30.5 Å². The first-order valence-corrected chi connectivity index (χ1v) is 16.4. The Morgan fingerprint density at radius 2 is 1.87 bits per heavy atom. The fourth-order valence-corrected chi connectivity index (χ4v) is 6.54. The zero-order chi connectivity index (χ0) is 31.3. The Morgan fingerprint density at radius 1 is 1.04 bits per heavy atom. The van der Waals surface area contributed by atoms with Gasteiger partial charge in [-0.3, -0.25) is 14.9 Å². The third-order valence-corrected chi connectivity index (χ3v) is 9.45. The van der Waals surface area contributed by atoms with E-state index < -0.39 is 21.0 Å². The van der Waals surface area contributed by atoms with Crippen molar-refractivity contribution in [2.45, 2.75) is 31.1 Å². The number of nitrogens with two attached hydrogens (primary N) is 1. The maximum Gasteiger partial charge on any atom is 0.227 e. The zero-order valence-corrected chi connectivity index (χ0v) is 25.0. The monoisotopic (exact) mass is 624 g/mol. The van der Waals surface area contributed by atoms with Crippen molar-refractivity contribution in [1.29, 1.82) is 0 Å².